The second kappa shape index (κ2) is 6.01. The quantitative estimate of drug-likeness (QED) is 0.840. The first-order valence-corrected chi connectivity index (χ1v) is 6.39. The van der Waals surface area contributed by atoms with Crippen molar-refractivity contribution in [1.82, 2.24) is 5.32 Å². The molecule has 0 bridgehead atoms. The number of aryl methyl sites for hydroxylation is 2. The number of nitrogens with one attached hydrogen (secondary N) is 1. The van der Waals surface area contributed by atoms with Crippen molar-refractivity contribution >= 4 is 5.91 Å². The van der Waals surface area contributed by atoms with E-state index in [-0.39, 0.29) is 5.91 Å². The molecule has 0 spiro atoms. The molecule has 3 nitrogen and oxygen atoms in total. The first-order valence-electron chi connectivity index (χ1n) is 6.39. The van der Waals surface area contributed by atoms with Crippen LogP contribution in [0.3, 0.4) is 0 Å². The Morgan fingerprint density at radius 1 is 1.33 bits per heavy atom. The van der Waals surface area contributed by atoms with E-state index in [0.29, 0.717) is 19.4 Å². The van der Waals surface area contributed by atoms with Gasteiger partial charge in [-0.25, -0.2) is 0 Å². The minimum atomic E-state index is -0.821. The summed E-state index contributed by atoms with van der Waals surface area (Å²) in [5, 5.41) is 12.6. The van der Waals surface area contributed by atoms with Gasteiger partial charge in [-0.05, 0) is 43.9 Å². The fourth-order valence-electron chi connectivity index (χ4n) is 1.58. The molecule has 0 aromatic heterocycles. The monoisotopic (exact) mass is 249 g/mol. The van der Waals surface area contributed by atoms with E-state index in [9.17, 15) is 9.90 Å². The number of benzene rings is 1. The number of carbonyl (C=O) groups excluding carboxylic acids is 1. The van der Waals surface area contributed by atoms with Crippen LogP contribution in [-0.4, -0.2) is 23.2 Å². The summed E-state index contributed by atoms with van der Waals surface area (Å²) in [5.41, 5.74) is 2.61. The van der Waals surface area contributed by atoms with E-state index in [4.69, 9.17) is 0 Å². The van der Waals surface area contributed by atoms with Crippen LogP contribution in [0.15, 0.2) is 18.2 Å². The molecule has 1 unspecified atom stereocenters. The maximum absolute atomic E-state index is 11.7. The predicted octanol–water partition coefficient (Wildman–Crippen LogP) is 2.12. The molecule has 3 heteroatoms. The second-order valence-corrected chi connectivity index (χ2v) is 5.22. The largest absolute Gasteiger partial charge is 0.388 e. The Kier molecular flexibility index (Phi) is 4.91. The van der Waals surface area contributed by atoms with E-state index >= 15 is 0 Å². The highest BCUT2D eigenvalue weighted by Gasteiger charge is 2.18. The summed E-state index contributed by atoms with van der Waals surface area (Å²) in [5.74, 6) is -0.0491. The normalized spacial score (nSPS) is 14.1. The number of hydrogen-bond acceptors (Lipinski definition) is 2. The molecule has 0 heterocycles. The van der Waals surface area contributed by atoms with Crippen LogP contribution in [0.2, 0.25) is 0 Å². The van der Waals surface area contributed by atoms with Gasteiger partial charge in [0.1, 0.15) is 0 Å². The van der Waals surface area contributed by atoms with Gasteiger partial charge in [-0.1, -0.05) is 25.1 Å². The third-order valence-corrected chi connectivity index (χ3v) is 3.36. The average Bonchev–Trinajstić information content (AvgIpc) is 2.32. The zero-order valence-corrected chi connectivity index (χ0v) is 11.7. The summed E-state index contributed by atoms with van der Waals surface area (Å²) in [6.07, 6.45) is 0.984. The van der Waals surface area contributed by atoms with Crippen molar-refractivity contribution < 1.29 is 9.90 Å². The van der Waals surface area contributed by atoms with Crippen molar-refractivity contribution in [2.75, 3.05) is 6.54 Å². The van der Waals surface area contributed by atoms with Crippen LogP contribution in [0.4, 0.5) is 0 Å². The molecule has 0 aliphatic carbocycles. The van der Waals surface area contributed by atoms with Crippen LogP contribution in [0.1, 0.15) is 37.0 Å². The first kappa shape index (κ1) is 14.7. The van der Waals surface area contributed by atoms with Crippen molar-refractivity contribution in [2.45, 2.75) is 46.1 Å². The van der Waals surface area contributed by atoms with Crippen LogP contribution in [0.25, 0.3) is 0 Å². The molecule has 1 aromatic carbocycles. The summed E-state index contributed by atoms with van der Waals surface area (Å²) in [4.78, 5) is 11.7. The standard InChI is InChI=1S/C15H23NO2/c1-5-15(4,18)10-16-14(17)9-13-7-6-11(2)12(3)8-13/h6-8,18H,5,9-10H2,1-4H3,(H,16,17). The Hall–Kier alpha value is -1.35. The molecule has 0 saturated heterocycles. The highest BCUT2D eigenvalue weighted by atomic mass is 16.3. The molecule has 1 atom stereocenters. The zero-order valence-electron chi connectivity index (χ0n) is 11.7. The molecule has 100 valence electrons. The Morgan fingerprint density at radius 2 is 2.00 bits per heavy atom. The Balaban J connectivity index is 2.52. The number of rotatable bonds is 5. The van der Waals surface area contributed by atoms with Gasteiger partial charge in [0.05, 0.1) is 12.0 Å². The molecule has 2 N–H and O–H groups in total. The molecular formula is C15H23NO2. The molecule has 1 aromatic rings. The highest BCUT2D eigenvalue weighted by Crippen LogP contribution is 2.11. The number of aliphatic hydroxyl groups is 1. The van der Waals surface area contributed by atoms with Crippen LogP contribution >= 0.6 is 0 Å². The average molecular weight is 249 g/mol. The lowest BCUT2D eigenvalue weighted by Crippen LogP contribution is -2.40. The molecule has 1 amide bonds. The fourth-order valence-corrected chi connectivity index (χ4v) is 1.58. The molecule has 0 saturated carbocycles. The molecular weight excluding hydrogens is 226 g/mol. The van der Waals surface area contributed by atoms with Crippen molar-refractivity contribution in [3.63, 3.8) is 0 Å². The van der Waals surface area contributed by atoms with Crippen LogP contribution < -0.4 is 5.32 Å². The maximum Gasteiger partial charge on any atom is 0.224 e. The van der Waals surface area contributed by atoms with E-state index in [0.717, 1.165) is 5.56 Å². The number of amides is 1. The first-order chi connectivity index (χ1) is 8.34. The summed E-state index contributed by atoms with van der Waals surface area (Å²) in [6.45, 7) is 8.02. The van der Waals surface area contributed by atoms with E-state index in [2.05, 4.69) is 12.2 Å². The molecule has 0 aliphatic rings. The second-order valence-electron chi connectivity index (χ2n) is 5.22. The van der Waals surface area contributed by atoms with Gasteiger partial charge < -0.3 is 10.4 Å². The van der Waals surface area contributed by atoms with E-state index < -0.39 is 5.60 Å². The van der Waals surface area contributed by atoms with Crippen molar-refractivity contribution in [1.29, 1.82) is 0 Å². The Morgan fingerprint density at radius 3 is 2.56 bits per heavy atom. The summed E-state index contributed by atoms with van der Waals surface area (Å²) < 4.78 is 0. The van der Waals surface area contributed by atoms with Crippen molar-refractivity contribution in [3.05, 3.63) is 34.9 Å². The molecule has 1 rings (SSSR count). The number of hydrogen-bond donors (Lipinski definition) is 2. The van der Waals surface area contributed by atoms with Gasteiger partial charge in [0.15, 0.2) is 0 Å². The van der Waals surface area contributed by atoms with Crippen LogP contribution in [-0.2, 0) is 11.2 Å². The Bertz CT molecular complexity index is 425. The van der Waals surface area contributed by atoms with Gasteiger partial charge in [-0.15, -0.1) is 0 Å². The number of carbonyl (C=O) groups is 1. The SMILES string of the molecule is CCC(C)(O)CNC(=O)Cc1ccc(C)c(C)c1. The highest BCUT2D eigenvalue weighted by molar-refractivity contribution is 5.78. The molecule has 18 heavy (non-hydrogen) atoms. The Labute approximate surface area is 109 Å². The van der Waals surface area contributed by atoms with Crippen molar-refractivity contribution in [2.24, 2.45) is 0 Å². The lowest BCUT2D eigenvalue weighted by atomic mass is 10.0. The molecule has 0 fully saturated rings. The third kappa shape index (κ3) is 4.49. The summed E-state index contributed by atoms with van der Waals surface area (Å²) in [6, 6.07) is 6.03. The summed E-state index contributed by atoms with van der Waals surface area (Å²) >= 11 is 0. The smallest absolute Gasteiger partial charge is 0.224 e. The van der Waals surface area contributed by atoms with Gasteiger partial charge in [0.2, 0.25) is 5.91 Å². The van der Waals surface area contributed by atoms with Gasteiger partial charge >= 0.3 is 0 Å². The van der Waals surface area contributed by atoms with Gasteiger partial charge in [-0.2, -0.15) is 0 Å². The van der Waals surface area contributed by atoms with Crippen molar-refractivity contribution in [3.8, 4) is 0 Å². The maximum atomic E-state index is 11.7. The van der Waals surface area contributed by atoms with E-state index in [1.165, 1.54) is 11.1 Å². The zero-order chi connectivity index (χ0) is 13.8. The lowest BCUT2D eigenvalue weighted by Gasteiger charge is -2.21. The minimum absolute atomic E-state index is 0.0491. The van der Waals surface area contributed by atoms with E-state index in [1.54, 1.807) is 6.92 Å². The fraction of sp³-hybridized carbons (Fsp3) is 0.533. The molecule has 0 aliphatic heterocycles. The predicted molar refractivity (Wildman–Crippen MR) is 73.5 cm³/mol. The van der Waals surface area contributed by atoms with Crippen LogP contribution in [0, 0.1) is 13.8 Å². The van der Waals surface area contributed by atoms with Crippen LogP contribution in [0.5, 0.6) is 0 Å². The van der Waals surface area contributed by atoms with Gasteiger partial charge in [0.25, 0.3) is 0 Å². The van der Waals surface area contributed by atoms with E-state index in [1.807, 2.05) is 32.0 Å². The van der Waals surface area contributed by atoms with Gasteiger partial charge in [-0.3, -0.25) is 4.79 Å². The lowest BCUT2D eigenvalue weighted by molar-refractivity contribution is -0.121. The minimum Gasteiger partial charge on any atom is -0.388 e. The van der Waals surface area contributed by atoms with Gasteiger partial charge in [0, 0.05) is 6.54 Å². The summed E-state index contributed by atoms with van der Waals surface area (Å²) in [7, 11) is 0. The third-order valence-electron chi connectivity index (χ3n) is 3.36. The topological polar surface area (TPSA) is 49.3 Å². The molecule has 0 radical (unpaired) electrons.